The summed E-state index contributed by atoms with van der Waals surface area (Å²) < 4.78 is 24.5. The zero-order valence-electron chi connectivity index (χ0n) is 6.82. The summed E-state index contributed by atoms with van der Waals surface area (Å²) in [6.45, 7) is 1.65. The van der Waals surface area contributed by atoms with Crippen molar-refractivity contribution in [3.8, 4) is 0 Å². The van der Waals surface area contributed by atoms with Gasteiger partial charge in [-0.05, 0) is 18.1 Å². The van der Waals surface area contributed by atoms with Crippen LogP contribution in [-0.4, -0.2) is 4.98 Å². The number of aromatic nitrogens is 1. The zero-order valence-corrected chi connectivity index (χ0v) is 8.33. The maximum Gasteiger partial charge on any atom is 0.281 e. The van der Waals surface area contributed by atoms with E-state index in [4.69, 9.17) is 23.2 Å². The number of hydrogen-bond donors (Lipinski definition) is 0. The molecule has 1 rings (SSSR count). The number of hydrogen-bond acceptors (Lipinski definition) is 1. The van der Waals surface area contributed by atoms with Crippen molar-refractivity contribution in [3.63, 3.8) is 0 Å². The second kappa shape index (κ2) is 4.20. The zero-order chi connectivity index (χ0) is 10.0. The molecule has 13 heavy (non-hydrogen) atoms. The first kappa shape index (κ1) is 10.7. The Morgan fingerprint density at radius 2 is 2.15 bits per heavy atom. The van der Waals surface area contributed by atoms with E-state index in [1.54, 1.807) is 6.92 Å². The molecule has 0 N–H and O–H groups in total. The minimum absolute atomic E-state index is 0.00755. The van der Waals surface area contributed by atoms with Crippen molar-refractivity contribution >= 4 is 23.2 Å². The summed E-state index contributed by atoms with van der Waals surface area (Å²) in [5.74, 6) is 0.224. The molecule has 0 aromatic carbocycles. The van der Waals surface area contributed by atoms with Crippen molar-refractivity contribution in [1.82, 2.24) is 4.98 Å². The van der Waals surface area contributed by atoms with Gasteiger partial charge in [0.25, 0.3) is 6.43 Å². The van der Waals surface area contributed by atoms with Crippen LogP contribution in [0.3, 0.4) is 0 Å². The Morgan fingerprint density at radius 3 is 2.62 bits per heavy atom. The molecule has 5 heteroatoms. The highest BCUT2D eigenvalue weighted by molar-refractivity contribution is 6.32. The maximum atomic E-state index is 12.3. The normalized spacial score (nSPS) is 10.9. The van der Waals surface area contributed by atoms with E-state index in [9.17, 15) is 8.78 Å². The number of pyridine rings is 1. The first-order chi connectivity index (χ1) is 6.07. The predicted octanol–water partition coefficient (Wildman–Crippen LogP) is 3.72. The Labute approximate surface area is 84.7 Å². The smallest absolute Gasteiger partial charge is 0.253 e. The van der Waals surface area contributed by atoms with Crippen LogP contribution in [0.1, 0.15) is 23.2 Å². The van der Waals surface area contributed by atoms with E-state index >= 15 is 0 Å². The predicted molar refractivity (Wildman–Crippen MR) is 48.5 cm³/mol. The van der Waals surface area contributed by atoms with Gasteiger partial charge in [0.15, 0.2) is 0 Å². The van der Waals surface area contributed by atoms with Gasteiger partial charge in [-0.15, -0.1) is 11.6 Å². The quantitative estimate of drug-likeness (QED) is 0.700. The van der Waals surface area contributed by atoms with E-state index in [0.717, 1.165) is 0 Å². The molecule has 1 aromatic rings. The highest BCUT2D eigenvalue weighted by Crippen LogP contribution is 2.29. The molecule has 0 spiro atoms. The van der Waals surface area contributed by atoms with Gasteiger partial charge >= 0.3 is 0 Å². The molecule has 0 radical (unpaired) electrons. The van der Waals surface area contributed by atoms with Crippen molar-refractivity contribution in [2.24, 2.45) is 0 Å². The molecule has 0 unspecified atom stereocenters. The van der Waals surface area contributed by atoms with Gasteiger partial charge in [-0.2, -0.15) is 0 Å². The fourth-order valence-electron chi connectivity index (χ4n) is 0.921. The van der Waals surface area contributed by atoms with Gasteiger partial charge in [0, 0.05) is 12.1 Å². The molecule has 72 valence electrons. The maximum absolute atomic E-state index is 12.3. The van der Waals surface area contributed by atoms with Crippen molar-refractivity contribution in [2.45, 2.75) is 19.2 Å². The Kier molecular flexibility index (Phi) is 3.45. The summed E-state index contributed by atoms with van der Waals surface area (Å²) in [5, 5.41) is 0.00755. The first-order valence-corrected chi connectivity index (χ1v) is 4.47. The second-order valence-electron chi connectivity index (χ2n) is 2.54. The molecule has 0 fully saturated rings. The van der Waals surface area contributed by atoms with Crippen LogP contribution in [0.15, 0.2) is 6.20 Å². The summed E-state index contributed by atoms with van der Waals surface area (Å²) in [6.07, 6.45) is -1.31. The minimum Gasteiger partial charge on any atom is -0.253 e. The lowest BCUT2D eigenvalue weighted by molar-refractivity contribution is 0.146. The molecule has 1 nitrogen and oxygen atoms in total. The van der Waals surface area contributed by atoms with E-state index in [1.165, 1.54) is 6.20 Å². The molecule has 0 atom stereocenters. The minimum atomic E-state index is -2.64. The third-order valence-corrected chi connectivity index (χ3v) is 2.51. The van der Waals surface area contributed by atoms with Gasteiger partial charge in [0.1, 0.15) is 5.69 Å². The van der Waals surface area contributed by atoms with Gasteiger partial charge in [0.05, 0.1) is 5.02 Å². The van der Waals surface area contributed by atoms with Crippen molar-refractivity contribution in [3.05, 3.63) is 28.0 Å². The van der Waals surface area contributed by atoms with Crippen LogP contribution in [0.25, 0.3) is 0 Å². The molecule has 0 aliphatic carbocycles. The molecule has 1 heterocycles. The van der Waals surface area contributed by atoms with Gasteiger partial charge in [-0.3, -0.25) is 4.98 Å². The molecule has 0 aliphatic heterocycles. The fraction of sp³-hybridized carbons (Fsp3) is 0.375. The summed E-state index contributed by atoms with van der Waals surface area (Å²) in [4.78, 5) is 3.54. The molecular formula is C8H7Cl2F2N. The van der Waals surface area contributed by atoms with Crippen LogP contribution >= 0.6 is 23.2 Å². The van der Waals surface area contributed by atoms with Crippen LogP contribution in [0.2, 0.25) is 5.02 Å². The number of rotatable bonds is 2. The highest BCUT2D eigenvalue weighted by Gasteiger charge is 2.16. The standard InChI is InChI=1S/C8H7Cl2F2N/c1-4-5(2-9)3-13-7(6(4)10)8(11)12/h3,8H,2H2,1H3. The monoisotopic (exact) mass is 225 g/mol. The number of nitrogens with zero attached hydrogens (tertiary/aromatic N) is 1. The van der Waals surface area contributed by atoms with E-state index in [0.29, 0.717) is 11.1 Å². The first-order valence-electron chi connectivity index (χ1n) is 3.56. The van der Waals surface area contributed by atoms with E-state index in [1.807, 2.05) is 0 Å². The van der Waals surface area contributed by atoms with E-state index in [-0.39, 0.29) is 16.6 Å². The largest absolute Gasteiger partial charge is 0.281 e. The molecule has 0 aliphatic rings. The topological polar surface area (TPSA) is 12.9 Å². The number of halogens is 4. The average Bonchev–Trinajstić information content (AvgIpc) is 2.09. The third-order valence-electron chi connectivity index (χ3n) is 1.75. The molecule has 0 saturated carbocycles. The average molecular weight is 226 g/mol. The van der Waals surface area contributed by atoms with Gasteiger partial charge in [0.2, 0.25) is 0 Å². The van der Waals surface area contributed by atoms with Gasteiger partial charge in [-0.1, -0.05) is 11.6 Å². The highest BCUT2D eigenvalue weighted by atomic mass is 35.5. The molecule has 0 bridgehead atoms. The van der Waals surface area contributed by atoms with Crippen LogP contribution in [0, 0.1) is 6.92 Å². The van der Waals surface area contributed by atoms with Crippen molar-refractivity contribution < 1.29 is 8.78 Å². The van der Waals surface area contributed by atoms with Gasteiger partial charge in [-0.25, -0.2) is 8.78 Å². The Bertz CT molecular complexity index is 315. The molecule has 0 saturated heterocycles. The lowest BCUT2D eigenvalue weighted by atomic mass is 10.1. The van der Waals surface area contributed by atoms with Crippen LogP contribution < -0.4 is 0 Å². The lowest BCUT2D eigenvalue weighted by Crippen LogP contribution is -1.97. The SMILES string of the molecule is Cc1c(CCl)cnc(C(F)F)c1Cl. The van der Waals surface area contributed by atoms with Crippen molar-refractivity contribution in [2.75, 3.05) is 0 Å². The summed E-state index contributed by atoms with van der Waals surface area (Å²) in [5.41, 5.74) is 0.867. The van der Waals surface area contributed by atoms with Crippen molar-refractivity contribution in [1.29, 1.82) is 0 Å². The lowest BCUT2D eigenvalue weighted by Gasteiger charge is -2.07. The summed E-state index contributed by atoms with van der Waals surface area (Å²) in [6, 6.07) is 0. The van der Waals surface area contributed by atoms with Crippen LogP contribution in [-0.2, 0) is 5.88 Å². The fourth-order valence-corrected chi connectivity index (χ4v) is 1.44. The molecular weight excluding hydrogens is 219 g/mol. The van der Waals surface area contributed by atoms with Crippen LogP contribution in [0.5, 0.6) is 0 Å². The summed E-state index contributed by atoms with van der Waals surface area (Å²) >= 11 is 11.2. The van der Waals surface area contributed by atoms with E-state index in [2.05, 4.69) is 4.98 Å². The Balaban J connectivity index is 3.23. The Morgan fingerprint density at radius 1 is 1.54 bits per heavy atom. The van der Waals surface area contributed by atoms with Gasteiger partial charge < -0.3 is 0 Å². The molecule has 1 aromatic heterocycles. The molecule has 0 amide bonds. The van der Waals surface area contributed by atoms with E-state index < -0.39 is 6.43 Å². The summed E-state index contributed by atoms with van der Waals surface area (Å²) in [7, 11) is 0. The Hall–Kier alpha value is -0.410. The number of alkyl halides is 3. The van der Waals surface area contributed by atoms with Crippen LogP contribution in [0.4, 0.5) is 8.78 Å². The third kappa shape index (κ3) is 2.09. The second-order valence-corrected chi connectivity index (χ2v) is 3.19.